The van der Waals surface area contributed by atoms with Crippen molar-refractivity contribution in [1.82, 2.24) is 5.32 Å². The van der Waals surface area contributed by atoms with Crippen molar-refractivity contribution in [2.75, 3.05) is 11.4 Å². The van der Waals surface area contributed by atoms with Crippen LogP contribution in [0.25, 0.3) is 0 Å². The van der Waals surface area contributed by atoms with Gasteiger partial charge in [-0.15, -0.1) is 0 Å². The fourth-order valence-corrected chi connectivity index (χ4v) is 3.36. The monoisotopic (exact) mass is 308 g/mol. The van der Waals surface area contributed by atoms with Gasteiger partial charge in [0.2, 0.25) is 0 Å². The summed E-state index contributed by atoms with van der Waals surface area (Å²) in [5, 5.41) is 4.39. The summed E-state index contributed by atoms with van der Waals surface area (Å²) in [7, 11) is 0. The Morgan fingerprint density at radius 3 is 2.62 bits per heavy atom. The van der Waals surface area contributed by atoms with Crippen LogP contribution in [0.2, 0.25) is 5.02 Å². The lowest BCUT2D eigenvalue weighted by Gasteiger charge is -2.30. The van der Waals surface area contributed by atoms with Gasteiger partial charge in [0.05, 0.1) is 10.7 Å². The van der Waals surface area contributed by atoms with Crippen LogP contribution in [0.4, 0.5) is 5.69 Å². The van der Waals surface area contributed by atoms with Crippen molar-refractivity contribution < 1.29 is 0 Å². The Morgan fingerprint density at radius 1 is 1.33 bits per heavy atom. The molecule has 118 valence electrons. The first kappa shape index (κ1) is 16.6. The van der Waals surface area contributed by atoms with Crippen molar-refractivity contribution in [3.8, 4) is 0 Å². The van der Waals surface area contributed by atoms with E-state index in [2.05, 4.69) is 63.0 Å². The molecule has 3 heteroatoms. The van der Waals surface area contributed by atoms with Gasteiger partial charge in [-0.3, -0.25) is 0 Å². The van der Waals surface area contributed by atoms with E-state index in [0.717, 1.165) is 18.1 Å². The average molecular weight is 309 g/mol. The van der Waals surface area contributed by atoms with E-state index >= 15 is 0 Å². The standard InChI is InChI=1S/C18H29ClN2/c1-13(2)16-7-6-10-21(16)17-9-8-14(11-15(17)19)12-20-18(3,4)5/h8-9,11,13,16,20H,6-7,10,12H2,1-5H3. The first-order valence-electron chi connectivity index (χ1n) is 8.08. The Kier molecular flexibility index (Phi) is 5.21. The van der Waals surface area contributed by atoms with Crippen LogP contribution in [0, 0.1) is 5.92 Å². The average Bonchev–Trinajstić information content (AvgIpc) is 2.84. The van der Waals surface area contributed by atoms with Crippen LogP contribution in [0.3, 0.4) is 0 Å². The van der Waals surface area contributed by atoms with E-state index < -0.39 is 0 Å². The zero-order chi connectivity index (χ0) is 15.6. The van der Waals surface area contributed by atoms with Crippen LogP contribution < -0.4 is 10.2 Å². The van der Waals surface area contributed by atoms with E-state index in [1.54, 1.807) is 0 Å². The Hall–Kier alpha value is -0.730. The van der Waals surface area contributed by atoms with Crippen molar-refractivity contribution in [3.63, 3.8) is 0 Å². The summed E-state index contributed by atoms with van der Waals surface area (Å²) >= 11 is 6.56. The molecule has 1 atom stereocenters. The molecule has 1 aromatic rings. The molecule has 1 heterocycles. The molecule has 1 saturated heterocycles. The van der Waals surface area contributed by atoms with Crippen molar-refractivity contribution in [2.24, 2.45) is 5.92 Å². The van der Waals surface area contributed by atoms with Crippen LogP contribution in [-0.4, -0.2) is 18.1 Å². The van der Waals surface area contributed by atoms with Gasteiger partial charge >= 0.3 is 0 Å². The van der Waals surface area contributed by atoms with Crippen molar-refractivity contribution in [2.45, 2.75) is 65.6 Å². The van der Waals surface area contributed by atoms with Crippen LogP contribution in [0.5, 0.6) is 0 Å². The summed E-state index contributed by atoms with van der Waals surface area (Å²) in [6.45, 7) is 13.1. The van der Waals surface area contributed by atoms with Gasteiger partial charge in [0.15, 0.2) is 0 Å². The number of nitrogens with one attached hydrogen (secondary N) is 1. The molecule has 0 aliphatic carbocycles. The smallest absolute Gasteiger partial charge is 0.0642 e. The predicted molar refractivity (Wildman–Crippen MR) is 93.3 cm³/mol. The van der Waals surface area contributed by atoms with Gasteiger partial charge in [-0.2, -0.15) is 0 Å². The van der Waals surface area contributed by atoms with Gasteiger partial charge in [0.1, 0.15) is 0 Å². The molecule has 2 nitrogen and oxygen atoms in total. The molecular weight excluding hydrogens is 280 g/mol. The van der Waals surface area contributed by atoms with E-state index in [1.165, 1.54) is 24.1 Å². The number of anilines is 1. The van der Waals surface area contributed by atoms with Crippen molar-refractivity contribution in [1.29, 1.82) is 0 Å². The fraction of sp³-hybridized carbons (Fsp3) is 0.667. The largest absolute Gasteiger partial charge is 0.367 e. The molecule has 1 unspecified atom stereocenters. The molecule has 1 N–H and O–H groups in total. The van der Waals surface area contributed by atoms with Crippen LogP contribution >= 0.6 is 11.6 Å². The SMILES string of the molecule is CC(C)C1CCCN1c1ccc(CNC(C)(C)C)cc1Cl. The summed E-state index contributed by atoms with van der Waals surface area (Å²) < 4.78 is 0. The summed E-state index contributed by atoms with van der Waals surface area (Å²) in [6.07, 6.45) is 2.55. The van der Waals surface area contributed by atoms with Gasteiger partial charge in [-0.25, -0.2) is 0 Å². The fourth-order valence-electron chi connectivity index (χ4n) is 3.05. The third kappa shape index (κ3) is 4.37. The maximum absolute atomic E-state index is 6.56. The number of halogens is 1. The number of hydrogen-bond donors (Lipinski definition) is 1. The Labute approximate surface area is 134 Å². The topological polar surface area (TPSA) is 15.3 Å². The summed E-state index contributed by atoms with van der Waals surface area (Å²) in [6, 6.07) is 7.14. The van der Waals surface area contributed by atoms with E-state index in [4.69, 9.17) is 11.6 Å². The zero-order valence-corrected chi connectivity index (χ0v) is 14.8. The minimum Gasteiger partial charge on any atom is -0.367 e. The summed E-state index contributed by atoms with van der Waals surface area (Å²) in [5.74, 6) is 0.672. The molecule has 21 heavy (non-hydrogen) atoms. The van der Waals surface area contributed by atoms with E-state index in [9.17, 15) is 0 Å². The molecule has 0 aromatic heterocycles. The predicted octanol–water partition coefficient (Wildman–Crippen LogP) is 4.85. The first-order chi connectivity index (χ1) is 9.78. The molecular formula is C18H29ClN2. The summed E-state index contributed by atoms with van der Waals surface area (Å²) in [4.78, 5) is 2.49. The Bertz CT molecular complexity index is 477. The van der Waals surface area contributed by atoms with Gasteiger partial charge in [0, 0.05) is 24.7 Å². The molecule has 2 rings (SSSR count). The molecule has 0 spiro atoms. The molecule has 0 radical (unpaired) electrons. The number of nitrogens with zero attached hydrogens (tertiary/aromatic N) is 1. The minimum absolute atomic E-state index is 0.128. The second kappa shape index (κ2) is 6.58. The summed E-state index contributed by atoms with van der Waals surface area (Å²) in [5.41, 5.74) is 2.58. The quantitative estimate of drug-likeness (QED) is 0.855. The third-order valence-electron chi connectivity index (χ3n) is 4.21. The second-order valence-electron chi connectivity index (χ2n) is 7.54. The molecule has 0 bridgehead atoms. The maximum Gasteiger partial charge on any atom is 0.0642 e. The minimum atomic E-state index is 0.128. The zero-order valence-electron chi connectivity index (χ0n) is 14.0. The Balaban J connectivity index is 2.12. The van der Waals surface area contributed by atoms with Crippen LogP contribution in [0.1, 0.15) is 53.0 Å². The van der Waals surface area contributed by atoms with Gasteiger partial charge in [-0.05, 0) is 57.2 Å². The van der Waals surface area contributed by atoms with Gasteiger partial charge < -0.3 is 10.2 Å². The molecule has 1 fully saturated rings. The highest BCUT2D eigenvalue weighted by Crippen LogP contribution is 2.35. The van der Waals surface area contributed by atoms with Gasteiger partial charge in [0.25, 0.3) is 0 Å². The highest BCUT2D eigenvalue weighted by Gasteiger charge is 2.28. The van der Waals surface area contributed by atoms with Crippen molar-refractivity contribution in [3.05, 3.63) is 28.8 Å². The van der Waals surface area contributed by atoms with Crippen LogP contribution in [0.15, 0.2) is 18.2 Å². The first-order valence-corrected chi connectivity index (χ1v) is 8.46. The molecule has 0 saturated carbocycles. The third-order valence-corrected chi connectivity index (χ3v) is 4.52. The Morgan fingerprint density at radius 2 is 2.05 bits per heavy atom. The van der Waals surface area contributed by atoms with E-state index in [-0.39, 0.29) is 5.54 Å². The van der Waals surface area contributed by atoms with Crippen LogP contribution in [-0.2, 0) is 6.54 Å². The molecule has 0 amide bonds. The normalized spacial score (nSPS) is 19.6. The van der Waals surface area contributed by atoms with E-state index in [0.29, 0.717) is 12.0 Å². The lowest BCUT2D eigenvalue weighted by atomic mass is 10.0. The van der Waals surface area contributed by atoms with E-state index in [1.807, 2.05) is 0 Å². The second-order valence-corrected chi connectivity index (χ2v) is 7.94. The number of hydrogen-bond acceptors (Lipinski definition) is 2. The number of rotatable bonds is 4. The molecule has 1 aliphatic rings. The highest BCUT2D eigenvalue weighted by atomic mass is 35.5. The van der Waals surface area contributed by atoms with Crippen molar-refractivity contribution >= 4 is 17.3 Å². The number of benzene rings is 1. The maximum atomic E-state index is 6.56. The lowest BCUT2D eigenvalue weighted by molar-refractivity contribution is 0.424. The highest BCUT2D eigenvalue weighted by molar-refractivity contribution is 6.33. The molecule has 1 aliphatic heterocycles. The van der Waals surface area contributed by atoms with Gasteiger partial charge in [-0.1, -0.05) is 31.5 Å². The lowest BCUT2D eigenvalue weighted by Crippen LogP contribution is -2.35. The molecule has 1 aromatic carbocycles.